The first kappa shape index (κ1) is 14.4. The quantitative estimate of drug-likeness (QED) is 0.766. The van der Waals surface area contributed by atoms with E-state index in [9.17, 15) is 8.42 Å². The molecule has 0 bridgehead atoms. The summed E-state index contributed by atoms with van der Waals surface area (Å²) in [4.78, 5) is 0.161. The predicted octanol–water partition coefficient (Wildman–Crippen LogP) is 3.59. The first-order valence-electron chi connectivity index (χ1n) is 5.22. The summed E-state index contributed by atoms with van der Waals surface area (Å²) in [5.41, 5.74) is 6.52. The fourth-order valence-corrected chi connectivity index (χ4v) is 3.34. The summed E-state index contributed by atoms with van der Waals surface area (Å²) >= 11 is 6.60. The van der Waals surface area contributed by atoms with Crippen molar-refractivity contribution >= 4 is 53.3 Å². The summed E-state index contributed by atoms with van der Waals surface area (Å²) in [6, 6.07) is 11.3. The smallest absolute Gasteiger partial charge is 0.261 e. The Morgan fingerprint density at radius 1 is 1.00 bits per heavy atom. The van der Waals surface area contributed by atoms with Gasteiger partial charge in [-0.05, 0) is 58.4 Å². The minimum Gasteiger partial charge on any atom is -0.399 e. The molecule has 7 heteroatoms. The minimum absolute atomic E-state index is 0.161. The monoisotopic (exact) mass is 404 g/mol. The molecule has 0 saturated heterocycles. The van der Waals surface area contributed by atoms with Gasteiger partial charge in [0.1, 0.15) is 0 Å². The first-order chi connectivity index (χ1) is 8.88. The number of halogens is 2. The SMILES string of the molecule is Nc1ccc(S(=O)(=O)Nc2cc(Br)ccc2Br)cc1. The number of nitrogens with one attached hydrogen (secondary N) is 1. The van der Waals surface area contributed by atoms with Crippen molar-refractivity contribution in [3.8, 4) is 0 Å². The molecule has 19 heavy (non-hydrogen) atoms. The molecular weight excluding hydrogens is 396 g/mol. The van der Waals surface area contributed by atoms with Crippen LogP contribution in [-0.4, -0.2) is 8.42 Å². The average molecular weight is 406 g/mol. The fourth-order valence-electron chi connectivity index (χ4n) is 1.43. The Balaban J connectivity index is 2.36. The zero-order chi connectivity index (χ0) is 14.0. The molecule has 3 N–H and O–H groups in total. The van der Waals surface area contributed by atoms with Crippen molar-refractivity contribution in [2.24, 2.45) is 0 Å². The van der Waals surface area contributed by atoms with Crippen molar-refractivity contribution in [3.05, 3.63) is 51.4 Å². The topological polar surface area (TPSA) is 72.2 Å². The van der Waals surface area contributed by atoms with Gasteiger partial charge in [-0.3, -0.25) is 4.72 Å². The summed E-state index contributed by atoms with van der Waals surface area (Å²) < 4.78 is 28.3. The molecule has 0 amide bonds. The molecule has 2 rings (SSSR count). The van der Waals surface area contributed by atoms with Crippen molar-refractivity contribution < 1.29 is 8.42 Å². The van der Waals surface area contributed by atoms with Crippen LogP contribution < -0.4 is 10.5 Å². The van der Waals surface area contributed by atoms with Gasteiger partial charge in [-0.2, -0.15) is 0 Å². The van der Waals surface area contributed by atoms with Crippen LogP contribution in [0.2, 0.25) is 0 Å². The first-order valence-corrected chi connectivity index (χ1v) is 8.29. The standard InChI is InChI=1S/C12H10Br2N2O2S/c13-8-1-6-11(14)12(7-8)16-19(17,18)10-4-2-9(15)3-5-10/h1-7,16H,15H2. The number of rotatable bonds is 3. The Morgan fingerprint density at radius 2 is 1.63 bits per heavy atom. The number of sulfonamides is 1. The largest absolute Gasteiger partial charge is 0.399 e. The summed E-state index contributed by atoms with van der Waals surface area (Å²) in [5, 5.41) is 0. The van der Waals surface area contributed by atoms with Gasteiger partial charge in [0.05, 0.1) is 10.6 Å². The molecule has 0 atom stereocenters. The average Bonchev–Trinajstić information content (AvgIpc) is 2.34. The second-order valence-electron chi connectivity index (χ2n) is 3.80. The maximum atomic E-state index is 12.2. The van der Waals surface area contributed by atoms with E-state index < -0.39 is 10.0 Å². The minimum atomic E-state index is -3.63. The molecule has 4 nitrogen and oxygen atoms in total. The number of nitrogen functional groups attached to an aromatic ring is 1. The maximum absolute atomic E-state index is 12.2. The fraction of sp³-hybridized carbons (Fsp3) is 0. The van der Waals surface area contributed by atoms with Gasteiger partial charge < -0.3 is 5.73 Å². The van der Waals surface area contributed by atoms with Gasteiger partial charge in [0, 0.05) is 14.6 Å². The van der Waals surface area contributed by atoms with Gasteiger partial charge in [-0.15, -0.1) is 0 Å². The predicted molar refractivity (Wildman–Crippen MR) is 83.5 cm³/mol. The zero-order valence-corrected chi connectivity index (χ0v) is 13.6. The lowest BCUT2D eigenvalue weighted by Crippen LogP contribution is -2.13. The lowest BCUT2D eigenvalue weighted by atomic mass is 10.3. The molecule has 0 fully saturated rings. The van der Waals surface area contributed by atoms with Gasteiger partial charge in [0.25, 0.3) is 10.0 Å². The third kappa shape index (κ3) is 3.49. The third-order valence-electron chi connectivity index (χ3n) is 2.36. The highest BCUT2D eigenvalue weighted by Crippen LogP contribution is 2.28. The van der Waals surface area contributed by atoms with Crippen molar-refractivity contribution in [1.82, 2.24) is 0 Å². The molecule has 0 spiro atoms. The van der Waals surface area contributed by atoms with Crippen LogP contribution in [0.3, 0.4) is 0 Å². The summed E-state index contributed by atoms with van der Waals surface area (Å²) in [7, 11) is -3.63. The Hall–Kier alpha value is -1.05. The van der Waals surface area contributed by atoms with Crippen LogP contribution in [0.25, 0.3) is 0 Å². The summed E-state index contributed by atoms with van der Waals surface area (Å²) in [6.45, 7) is 0. The van der Waals surface area contributed by atoms with Crippen LogP contribution in [0.1, 0.15) is 0 Å². The van der Waals surface area contributed by atoms with E-state index in [1.54, 1.807) is 24.3 Å². The van der Waals surface area contributed by atoms with E-state index in [2.05, 4.69) is 36.6 Å². The molecule has 0 radical (unpaired) electrons. The van der Waals surface area contributed by atoms with Crippen molar-refractivity contribution in [2.45, 2.75) is 4.90 Å². The Kier molecular flexibility index (Phi) is 4.17. The lowest BCUT2D eigenvalue weighted by molar-refractivity contribution is 0.601. The summed E-state index contributed by atoms with van der Waals surface area (Å²) in [6.07, 6.45) is 0. The van der Waals surface area contributed by atoms with Gasteiger partial charge >= 0.3 is 0 Å². The van der Waals surface area contributed by atoms with Crippen LogP contribution in [-0.2, 0) is 10.0 Å². The second kappa shape index (κ2) is 5.52. The molecule has 0 aliphatic heterocycles. The van der Waals surface area contributed by atoms with Crippen molar-refractivity contribution in [3.63, 3.8) is 0 Å². The molecule has 0 aliphatic carbocycles. The van der Waals surface area contributed by atoms with E-state index in [0.29, 0.717) is 15.8 Å². The number of hydrogen-bond acceptors (Lipinski definition) is 3. The van der Waals surface area contributed by atoms with E-state index in [-0.39, 0.29) is 4.90 Å². The maximum Gasteiger partial charge on any atom is 0.261 e. The van der Waals surface area contributed by atoms with Gasteiger partial charge in [0.15, 0.2) is 0 Å². The molecule has 0 unspecified atom stereocenters. The molecule has 0 aliphatic rings. The third-order valence-corrected chi connectivity index (χ3v) is 4.93. The summed E-state index contributed by atoms with van der Waals surface area (Å²) in [5.74, 6) is 0. The Labute approximate surface area is 128 Å². The highest BCUT2D eigenvalue weighted by atomic mass is 79.9. The Morgan fingerprint density at radius 3 is 2.26 bits per heavy atom. The van der Waals surface area contributed by atoms with Crippen LogP contribution in [0.5, 0.6) is 0 Å². The van der Waals surface area contributed by atoms with E-state index in [1.807, 2.05) is 6.07 Å². The molecule has 100 valence electrons. The van der Waals surface area contributed by atoms with E-state index in [4.69, 9.17) is 5.73 Å². The highest BCUT2D eigenvalue weighted by Gasteiger charge is 2.15. The lowest BCUT2D eigenvalue weighted by Gasteiger charge is -2.10. The number of anilines is 2. The Bertz CT molecular complexity index is 700. The molecule has 2 aromatic carbocycles. The van der Waals surface area contributed by atoms with Gasteiger partial charge in [0.2, 0.25) is 0 Å². The van der Waals surface area contributed by atoms with Gasteiger partial charge in [-0.1, -0.05) is 15.9 Å². The number of benzene rings is 2. The number of nitrogens with two attached hydrogens (primary N) is 1. The second-order valence-corrected chi connectivity index (χ2v) is 7.25. The normalized spacial score (nSPS) is 11.3. The van der Waals surface area contributed by atoms with E-state index >= 15 is 0 Å². The van der Waals surface area contributed by atoms with Gasteiger partial charge in [-0.25, -0.2) is 8.42 Å². The van der Waals surface area contributed by atoms with E-state index in [1.165, 1.54) is 12.1 Å². The van der Waals surface area contributed by atoms with Crippen LogP contribution in [0.4, 0.5) is 11.4 Å². The van der Waals surface area contributed by atoms with Crippen LogP contribution in [0.15, 0.2) is 56.3 Å². The molecule has 2 aromatic rings. The zero-order valence-electron chi connectivity index (χ0n) is 9.60. The molecule has 0 saturated carbocycles. The van der Waals surface area contributed by atoms with Crippen LogP contribution in [0, 0.1) is 0 Å². The van der Waals surface area contributed by atoms with Crippen molar-refractivity contribution in [1.29, 1.82) is 0 Å². The molecule has 0 aromatic heterocycles. The van der Waals surface area contributed by atoms with Crippen LogP contribution >= 0.6 is 31.9 Å². The molecule has 0 heterocycles. The molecular formula is C12H10Br2N2O2S. The van der Waals surface area contributed by atoms with E-state index in [0.717, 1.165) is 4.47 Å². The number of hydrogen-bond donors (Lipinski definition) is 2. The van der Waals surface area contributed by atoms with Crippen molar-refractivity contribution in [2.75, 3.05) is 10.5 Å². The highest BCUT2D eigenvalue weighted by molar-refractivity contribution is 9.11.